The van der Waals surface area contributed by atoms with E-state index in [0.29, 0.717) is 26.1 Å². The van der Waals surface area contributed by atoms with Crippen molar-refractivity contribution in [3.8, 4) is 0 Å². The molecule has 1 fully saturated rings. The summed E-state index contributed by atoms with van der Waals surface area (Å²) in [5.41, 5.74) is 0. The fourth-order valence-corrected chi connectivity index (χ4v) is 1.35. The maximum absolute atomic E-state index is 11.5. The number of amides is 1. The van der Waals surface area contributed by atoms with Gasteiger partial charge in [0.05, 0.1) is 6.61 Å². The number of carbonyl (C=O) groups excluding carboxylic acids is 1. The molecule has 1 aliphatic heterocycles. The normalized spacial score (nSPS) is 23.3. The topological polar surface area (TPSA) is 49.8 Å². The molecule has 0 bridgehead atoms. The van der Waals surface area contributed by atoms with E-state index in [1.165, 1.54) is 0 Å². The lowest BCUT2D eigenvalue weighted by Gasteiger charge is -2.31. The molecule has 0 aromatic carbocycles. The minimum Gasteiger partial charge on any atom is -0.396 e. The van der Waals surface area contributed by atoms with Crippen LogP contribution in [0.5, 0.6) is 0 Å². The molecule has 0 aromatic heterocycles. The number of nitrogens with zero attached hydrogens (tertiary/aromatic N) is 1. The predicted octanol–water partition coefficient (Wildman–Crippen LogP) is -0.218. The van der Waals surface area contributed by atoms with E-state index in [0.717, 1.165) is 0 Å². The van der Waals surface area contributed by atoms with Crippen molar-refractivity contribution in [3.63, 3.8) is 0 Å². The highest BCUT2D eigenvalue weighted by Gasteiger charge is 2.27. The van der Waals surface area contributed by atoms with E-state index in [9.17, 15) is 4.79 Å². The standard InChI is InChI=1S/C9H15NO3/c1-2-4-10-5-7-13-8(3-6-11)9(10)12/h2,8,11H,1,3-7H2. The van der Waals surface area contributed by atoms with Crippen LogP contribution in [0.25, 0.3) is 0 Å². The highest BCUT2D eigenvalue weighted by molar-refractivity contribution is 5.81. The van der Waals surface area contributed by atoms with E-state index >= 15 is 0 Å². The van der Waals surface area contributed by atoms with Gasteiger partial charge in [0.25, 0.3) is 5.91 Å². The first-order valence-corrected chi connectivity index (χ1v) is 4.41. The van der Waals surface area contributed by atoms with Crippen molar-refractivity contribution in [2.45, 2.75) is 12.5 Å². The number of rotatable bonds is 4. The molecule has 1 N–H and O–H groups in total. The summed E-state index contributed by atoms with van der Waals surface area (Å²) >= 11 is 0. The van der Waals surface area contributed by atoms with Gasteiger partial charge in [-0.1, -0.05) is 6.08 Å². The van der Waals surface area contributed by atoms with E-state index in [-0.39, 0.29) is 12.5 Å². The van der Waals surface area contributed by atoms with Crippen LogP contribution in [0.15, 0.2) is 12.7 Å². The van der Waals surface area contributed by atoms with Crippen LogP contribution < -0.4 is 0 Å². The van der Waals surface area contributed by atoms with Gasteiger partial charge in [0.15, 0.2) is 0 Å². The van der Waals surface area contributed by atoms with Gasteiger partial charge >= 0.3 is 0 Å². The van der Waals surface area contributed by atoms with Crippen LogP contribution in [0.2, 0.25) is 0 Å². The zero-order valence-electron chi connectivity index (χ0n) is 7.61. The van der Waals surface area contributed by atoms with Crippen LogP contribution in [0.4, 0.5) is 0 Å². The Hall–Kier alpha value is -0.870. The van der Waals surface area contributed by atoms with Gasteiger partial charge in [0.2, 0.25) is 0 Å². The summed E-state index contributed by atoms with van der Waals surface area (Å²) in [5.74, 6) is -0.0415. The number of aliphatic hydroxyl groups excluding tert-OH is 1. The minimum atomic E-state index is -0.460. The first kappa shape index (κ1) is 10.2. The monoisotopic (exact) mass is 185 g/mol. The van der Waals surface area contributed by atoms with Crippen LogP contribution in [0.3, 0.4) is 0 Å². The van der Waals surface area contributed by atoms with Crippen molar-refractivity contribution < 1.29 is 14.6 Å². The molecule has 1 heterocycles. The second-order valence-corrected chi connectivity index (χ2v) is 2.94. The van der Waals surface area contributed by atoms with Crippen molar-refractivity contribution in [3.05, 3.63) is 12.7 Å². The van der Waals surface area contributed by atoms with Crippen molar-refractivity contribution in [2.24, 2.45) is 0 Å². The molecular formula is C9H15NO3. The zero-order chi connectivity index (χ0) is 9.68. The molecule has 1 atom stereocenters. The molecule has 0 aromatic rings. The van der Waals surface area contributed by atoms with Crippen molar-refractivity contribution >= 4 is 5.91 Å². The summed E-state index contributed by atoms with van der Waals surface area (Å²) in [6.07, 6.45) is 1.62. The molecule has 0 aliphatic carbocycles. The Morgan fingerprint density at radius 1 is 1.77 bits per heavy atom. The number of carbonyl (C=O) groups is 1. The van der Waals surface area contributed by atoms with Gasteiger partial charge < -0.3 is 14.7 Å². The lowest BCUT2D eigenvalue weighted by Crippen LogP contribution is -2.47. The second-order valence-electron chi connectivity index (χ2n) is 2.94. The molecule has 1 unspecified atom stereocenters. The molecule has 1 aliphatic rings. The Labute approximate surface area is 77.8 Å². The number of morpholine rings is 1. The van der Waals surface area contributed by atoms with Gasteiger partial charge in [-0.3, -0.25) is 4.79 Å². The maximum Gasteiger partial charge on any atom is 0.252 e. The van der Waals surface area contributed by atoms with Crippen molar-refractivity contribution in [1.29, 1.82) is 0 Å². The largest absolute Gasteiger partial charge is 0.396 e. The van der Waals surface area contributed by atoms with Gasteiger partial charge in [0.1, 0.15) is 6.10 Å². The van der Waals surface area contributed by atoms with Crippen LogP contribution in [0, 0.1) is 0 Å². The van der Waals surface area contributed by atoms with E-state index < -0.39 is 6.10 Å². The highest BCUT2D eigenvalue weighted by atomic mass is 16.5. The molecule has 13 heavy (non-hydrogen) atoms. The Bertz CT molecular complexity index is 191. The van der Waals surface area contributed by atoms with Gasteiger partial charge in [-0.25, -0.2) is 0 Å². The first-order valence-electron chi connectivity index (χ1n) is 4.41. The Morgan fingerprint density at radius 3 is 3.15 bits per heavy atom. The molecule has 0 spiro atoms. The molecular weight excluding hydrogens is 170 g/mol. The number of hydrogen-bond donors (Lipinski definition) is 1. The van der Waals surface area contributed by atoms with E-state index in [1.807, 2.05) is 0 Å². The smallest absolute Gasteiger partial charge is 0.252 e. The third kappa shape index (κ3) is 2.54. The summed E-state index contributed by atoms with van der Waals surface area (Å²) in [5, 5.41) is 8.68. The van der Waals surface area contributed by atoms with Crippen LogP contribution in [0.1, 0.15) is 6.42 Å². The summed E-state index contributed by atoms with van der Waals surface area (Å²) in [6.45, 7) is 5.28. The lowest BCUT2D eigenvalue weighted by molar-refractivity contribution is -0.153. The van der Waals surface area contributed by atoms with Gasteiger partial charge in [-0.2, -0.15) is 0 Å². The van der Waals surface area contributed by atoms with Crippen LogP contribution in [-0.2, 0) is 9.53 Å². The van der Waals surface area contributed by atoms with Gasteiger partial charge in [-0.15, -0.1) is 6.58 Å². The maximum atomic E-state index is 11.5. The summed E-state index contributed by atoms with van der Waals surface area (Å²) in [6, 6.07) is 0. The number of ether oxygens (including phenoxy) is 1. The van der Waals surface area contributed by atoms with Crippen LogP contribution in [-0.4, -0.2) is 48.3 Å². The van der Waals surface area contributed by atoms with Crippen molar-refractivity contribution in [1.82, 2.24) is 4.90 Å². The Balaban J connectivity index is 2.49. The molecule has 4 heteroatoms. The van der Waals surface area contributed by atoms with Gasteiger partial charge in [0, 0.05) is 26.1 Å². The van der Waals surface area contributed by atoms with Crippen molar-refractivity contribution in [2.75, 3.05) is 26.3 Å². The summed E-state index contributed by atoms with van der Waals surface area (Å²) < 4.78 is 5.22. The quantitative estimate of drug-likeness (QED) is 0.616. The molecule has 1 rings (SSSR count). The molecule has 0 saturated carbocycles. The van der Waals surface area contributed by atoms with Gasteiger partial charge in [-0.05, 0) is 0 Å². The Kier molecular flexibility index (Phi) is 3.92. The van der Waals surface area contributed by atoms with E-state index in [4.69, 9.17) is 9.84 Å². The van der Waals surface area contributed by atoms with E-state index in [1.54, 1.807) is 11.0 Å². The summed E-state index contributed by atoms with van der Waals surface area (Å²) in [4.78, 5) is 13.2. The predicted molar refractivity (Wildman–Crippen MR) is 48.2 cm³/mol. The molecule has 4 nitrogen and oxygen atoms in total. The van der Waals surface area contributed by atoms with Crippen LogP contribution >= 0.6 is 0 Å². The first-order chi connectivity index (χ1) is 6.29. The summed E-state index contributed by atoms with van der Waals surface area (Å²) in [7, 11) is 0. The minimum absolute atomic E-state index is 0.0155. The second kappa shape index (κ2) is 4.99. The highest BCUT2D eigenvalue weighted by Crippen LogP contribution is 2.09. The average molecular weight is 185 g/mol. The molecule has 0 radical (unpaired) electrons. The zero-order valence-corrected chi connectivity index (χ0v) is 7.61. The fourth-order valence-electron chi connectivity index (χ4n) is 1.35. The SMILES string of the molecule is C=CCN1CCOC(CCO)C1=O. The third-order valence-corrected chi connectivity index (χ3v) is 2.01. The average Bonchev–Trinajstić information content (AvgIpc) is 2.13. The van der Waals surface area contributed by atoms with E-state index in [2.05, 4.69) is 6.58 Å². The molecule has 1 amide bonds. The number of aliphatic hydroxyl groups is 1. The Morgan fingerprint density at radius 2 is 2.54 bits per heavy atom. The molecule has 1 saturated heterocycles. The fraction of sp³-hybridized carbons (Fsp3) is 0.667. The molecule has 74 valence electrons. The third-order valence-electron chi connectivity index (χ3n) is 2.01. The number of hydrogen-bond acceptors (Lipinski definition) is 3. The lowest BCUT2D eigenvalue weighted by atomic mass is 10.2.